The number of nitrogens with zero attached hydrogens (tertiary/aromatic N) is 3. The highest BCUT2D eigenvalue weighted by atomic mass is 16.3. The third-order valence-electron chi connectivity index (χ3n) is 3.35. The fourth-order valence-electron chi connectivity index (χ4n) is 2.19. The number of carbonyl (C=O) groups is 1. The van der Waals surface area contributed by atoms with Crippen LogP contribution in [0.1, 0.15) is 5.56 Å². The van der Waals surface area contributed by atoms with Gasteiger partial charge in [-0.25, -0.2) is 0 Å². The van der Waals surface area contributed by atoms with E-state index in [4.69, 9.17) is 5.26 Å². The van der Waals surface area contributed by atoms with Crippen LogP contribution in [0.25, 0.3) is 0 Å². The van der Waals surface area contributed by atoms with Gasteiger partial charge in [0.15, 0.2) is 0 Å². The van der Waals surface area contributed by atoms with Crippen molar-refractivity contribution < 1.29 is 9.90 Å². The zero-order valence-corrected chi connectivity index (χ0v) is 10.7. The molecule has 5 heteroatoms. The van der Waals surface area contributed by atoms with E-state index in [1.807, 2.05) is 11.0 Å². The van der Waals surface area contributed by atoms with Gasteiger partial charge in [-0.3, -0.25) is 9.69 Å². The Morgan fingerprint density at radius 3 is 2.58 bits per heavy atom. The Bertz CT molecular complexity index is 488. The monoisotopic (exact) mass is 259 g/mol. The van der Waals surface area contributed by atoms with E-state index in [0.717, 1.165) is 13.1 Å². The summed E-state index contributed by atoms with van der Waals surface area (Å²) >= 11 is 0. The summed E-state index contributed by atoms with van der Waals surface area (Å²) in [6, 6.07) is 9.02. The molecule has 0 saturated carbocycles. The van der Waals surface area contributed by atoms with Crippen LogP contribution >= 0.6 is 0 Å². The summed E-state index contributed by atoms with van der Waals surface area (Å²) in [5.74, 6) is 0.192. The lowest BCUT2D eigenvalue weighted by atomic mass is 10.1. The lowest BCUT2D eigenvalue weighted by Gasteiger charge is -2.33. The summed E-state index contributed by atoms with van der Waals surface area (Å²) in [6.45, 7) is 3.18. The maximum absolute atomic E-state index is 12.1. The average molecular weight is 259 g/mol. The predicted molar refractivity (Wildman–Crippen MR) is 70.4 cm³/mol. The number of para-hydroxylation sites is 1. The number of phenols is 1. The van der Waals surface area contributed by atoms with Gasteiger partial charge in [0.25, 0.3) is 0 Å². The van der Waals surface area contributed by atoms with Crippen LogP contribution in [0.15, 0.2) is 24.3 Å². The molecule has 1 aliphatic heterocycles. The van der Waals surface area contributed by atoms with E-state index in [9.17, 15) is 9.90 Å². The van der Waals surface area contributed by atoms with Crippen molar-refractivity contribution in [3.8, 4) is 11.8 Å². The van der Waals surface area contributed by atoms with Crippen molar-refractivity contribution in [3.63, 3.8) is 0 Å². The first-order valence-electron chi connectivity index (χ1n) is 6.34. The van der Waals surface area contributed by atoms with Crippen LogP contribution in [0.4, 0.5) is 0 Å². The van der Waals surface area contributed by atoms with E-state index in [2.05, 4.69) is 6.07 Å². The van der Waals surface area contributed by atoms with Crippen molar-refractivity contribution in [2.24, 2.45) is 0 Å². The average Bonchev–Trinajstić information content (AvgIpc) is 2.42. The number of hydrogen-bond donors (Lipinski definition) is 1. The van der Waals surface area contributed by atoms with Crippen LogP contribution in [-0.2, 0) is 11.2 Å². The summed E-state index contributed by atoms with van der Waals surface area (Å²) in [6.07, 6.45) is 0.227. The number of phenolic OH excluding ortho intramolecular Hbond substituents is 1. The lowest BCUT2D eigenvalue weighted by Crippen LogP contribution is -2.49. The molecule has 0 radical (unpaired) electrons. The van der Waals surface area contributed by atoms with Gasteiger partial charge in [0.1, 0.15) is 5.75 Å². The number of amides is 1. The molecule has 19 heavy (non-hydrogen) atoms. The topological polar surface area (TPSA) is 67.6 Å². The number of hydrogen-bond acceptors (Lipinski definition) is 4. The van der Waals surface area contributed by atoms with Crippen LogP contribution in [-0.4, -0.2) is 53.5 Å². The van der Waals surface area contributed by atoms with Gasteiger partial charge in [0.05, 0.1) is 19.0 Å². The van der Waals surface area contributed by atoms with Crippen LogP contribution in [0.2, 0.25) is 0 Å². The van der Waals surface area contributed by atoms with Crippen LogP contribution in [0.3, 0.4) is 0 Å². The van der Waals surface area contributed by atoms with E-state index in [-0.39, 0.29) is 18.1 Å². The predicted octanol–water partition coefficient (Wildman–Crippen LogP) is 0.602. The fourth-order valence-corrected chi connectivity index (χ4v) is 2.19. The van der Waals surface area contributed by atoms with E-state index in [1.165, 1.54) is 0 Å². The Kier molecular flexibility index (Phi) is 4.37. The van der Waals surface area contributed by atoms with Gasteiger partial charge in [0.2, 0.25) is 5.91 Å². The van der Waals surface area contributed by atoms with Gasteiger partial charge in [-0.05, 0) is 6.07 Å². The van der Waals surface area contributed by atoms with Gasteiger partial charge >= 0.3 is 0 Å². The summed E-state index contributed by atoms with van der Waals surface area (Å²) in [7, 11) is 0. The quantitative estimate of drug-likeness (QED) is 0.807. The molecule has 0 unspecified atom stereocenters. The standard InChI is InChI=1S/C14H17N3O2/c15-5-6-16-7-9-17(10-8-16)14(19)11-12-3-1-2-4-13(12)18/h1-4,18H,6-11H2. The highest BCUT2D eigenvalue weighted by Crippen LogP contribution is 2.17. The van der Waals surface area contributed by atoms with Crippen LogP contribution in [0.5, 0.6) is 5.75 Å². The van der Waals surface area contributed by atoms with Gasteiger partial charge in [-0.15, -0.1) is 0 Å². The maximum Gasteiger partial charge on any atom is 0.227 e. The lowest BCUT2D eigenvalue weighted by molar-refractivity contribution is -0.132. The summed E-state index contributed by atoms with van der Waals surface area (Å²) in [5, 5.41) is 18.3. The first kappa shape index (κ1) is 13.4. The number of benzene rings is 1. The maximum atomic E-state index is 12.1. The van der Waals surface area contributed by atoms with Gasteiger partial charge in [-0.2, -0.15) is 5.26 Å². The van der Waals surface area contributed by atoms with Gasteiger partial charge in [-0.1, -0.05) is 18.2 Å². The molecule has 1 aliphatic rings. The molecular formula is C14H17N3O2. The minimum Gasteiger partial charge on any atom is -0.508 e. The SMILES string of the molecule is N#CCN1CCN(C(=O)Cc2ccccc2O)CC1. The molecule has 1 aromatic carbocycles. The van der Waals surface area contributed by atoms with Gasteiger partial charge in [0, 0.05) is 31.7 Å². The number of carbonyl (C=O) groups excluding carboxylic acids is 1. The first-order chi connectivity index (χ1) is 9.20. The zero-order chi connectivity index (χ0) is 13.7. The van der Waals surface area contributed by atoms with E-state index >= 15 is 0 Å². The van der Waals surface area contributed by atoms with E-state index < -0.39 is 0 Å². The van der Waals surface area contributed by atoms with Crippen molar-refractivity contribution in [1.29, 1.82) is 5.26 Å². The highest BCUT2D eigenvalue weighted by Gasteiger charge is 2.21. The summed E-state index contributed by atoms with van der Waals surface area (Å²) in [4.78, 5) is 15.9. The number of aromatic hydroxyl groups is 1. The van der Waals surface area contributed by atoms with Gasteiger partial charge < -0.3 is 10.0 Å². The van der Waals surface area contributed by atoms with Crippen LogP contribution < -0.4 is 0 Å². The molecule has 1 heterocycles. The van der Waals surface area contributed by atoms with E-state index in [1.54, 1.807) is 23.1 Å². The first-order valence-corrected chi connectivity index (χ1v) is 6.34. The van der Waals surface area contributed by atoms with Crippen molar-refractivity contribution in [1.82, 2.24) is 9.80 Å². The Morgan fingerprint density at radius 2 is 1.95 bits per heavy atom. The Morgan fingerprint density at radius 1 is 1.26 bits per heavy atom. The number of rotatable bonds is 3. The molecule has 1 aromatic rings. The molecule has 100 valence electrons. The van der Waals surface area contributed by atoms with E-state index in [0.29, 0.717) is 25.2 Å². The molecule has 1 amide bonds. The molecule has 0 aliphatic carbocycles. The molecule has 2 rings (SSSR count). The molecular weight excluding hydrogens is 242 g/mol. The molecule has 5 nitrogen and oxygen atoms in total. The van der Waals surface area contributed by atoms with Crippen molar-refractivity contribution in [2.45, 2.75) is 6.42 Å². The van der Waals surface area contributed by atoms with Crippen molar-refractivity contribution >= 4 is 5.91 Å². The molecule has 1 N–H and O–H groups in total. The molecule has 0 aromatic heterocycles. The highest BCUT2D eigenvalue weighted by molar-refractivity contribution is 5.79. The largest absolute Gasteiger partial charge is 0.508 e. The molecule has 0 spiro atoms. The minimum absolute atomic E-state index is 0.0260. The second-order valence-electron chi connectivity index (χ2n) is 4.62. The normalized spacial score (nSPS) is 16.1. The molecule has 1 saturated heterocycles. The zero-order valence-electron chi connectivity index (χ0n) is 10.7. The Hall–Kier alpha value is -2.06. The van der Waals surface area contributed by atoms with Crippen molar-refractivity contribution in [2.75, 3.05) is 32.7 Å². The fraction of sp³-hybridized carbons (Fsp3) is 0.429. The van der Waals surface area contributed by atoms with Crippen LogP contribution in [0, 0.1) is 11.3 Å². The molecule has 1 fully saturated rings. The number of nitriles is 1. The summed E-state index contributed by atoms with van der Waals surface area (Å²) < 4.78 is 0. The second kappa shape index (κ2) is 6.21. The Labute approximate surface area is 112 Å². The van der Waals surface area contributed by atoms with Crippen molar-refractivity contribution in [3.05, 3.63) is 29.8 Å². The minimum atomic E-state index is 0.0260. The third kappa shape index (κ3) is 3.46. The second-order valence-corrected chi connectivity index (χ2v) is 4.62. The third-order valence-corrected chi connectivity index (χ3v) is 3.35. The summed E-state index contributed by atoms with van der Waals surface area (Å²) in [5.41, 5.74) is 0.659. The molecule has 0 bridgehead atoms. The molecule has 0 atom stereocenters. The number of piperazine rings is 1. The smallest absolute Gasteiger partial charge is 0.227 e. The Balaban J connectivity index is 1.89.